The van der Waals surface area contributed by atoms with Crippen molar-refractivity contribution < 1.29 is 19.2 Å². The largest absolute Gasteiger partial charge is 0.370 e. The summed E-state index contributed by atoms with van der Waals surface area (Å²) in [7, 11) is 0. The quantitative estimate of drug-likeness (QED) is 0.0605. The number of hydrogen-bond acceptors (Lipinski definition) is 7. The number of nitrogens with one attached hydrogen (secondary N) is 5. The fourth-order valence-electron chi connectivity index (χ4n) is 5.00. The molecule has 0 saturated carbocycles. The molecule has 1 saturated heterocycles. The van der Waals surface area contributed by atoms with Gasteiger partial charge < -0.3 is 49.2 Å². The molecule has 0 bridgehead atoms. The maximum absolute atomic E-state index is 13.5. The lowest BCUT2D eigenvalue weighted by Gasteiger charge is -2.25. The fourth-order valence-corrected chi connectivity index (χ4v) is 5.00. The van der Waals surface area contributed by atoms with Crippen LogP contribution in [0, 0.1) is 0 Å². The average Bonchev–Trinajstić information content (AvgIpc) is 3.64. The van der Waals surface area contributed by atoms with Gasteiger partial charge in [-0.1, -0.05) is 18.2 Å². The van der Waals surface area contributed by atoms with Gasteiger partial charge in [-0.25, -0.2) is 0 Å². The van der Waals surface area contributed by atoms with Crippen molar-refractivity contribution in [2.24, 2.45) is 27.9 Å². The zero-order valence-electron chi connectivity index (χ0n) is 23.9. The standard InChI is InChI=1S/C28H44N10O4/c29-12-4-3-9-21(36-25(40)20-10-5-13-33-20)26(41)37-22(11-6-14-34-28(31)32)27(42)38-23(24(30)39)15-17-16-35-19-8-2-1-7-18(17)19/h1-2,7-8,16,20-23,33,35H,3-6,9-15,29H2,(H2,30,39)(H,36,40)(H,37,41)(H,38,42)(H4,31,32,34)/t20-,21?,22?,23?/m0/s1. The van der Waals surface area contributed by atoms with Gasteiger partial charge in [0, 0.05) is 30.1 Å². The van der Waals surface area contributed by atoms with Crippen LogP contribution in [0.4, 0.5) is 0 Å². The summed E-state index contributed by atoms with van der Waals surface area (Å²) in [6.07, 6.45) is 5.69. The maximum Gasteiger partial charge on any atom is 0.243 e. The summed E-state index contributed by atoms with van der Waals surface area (Å²) in [6.45, 7) is 1.42. The molecule has 1 aromatic heterocycles. The van der Waals surface area contributed by atoms with Crippen LogP contribution in [0.3, 0.4) is 0 Å². The molecule has 1 aliphatic heterocycles. The lowest BCUT2D eigenvalue weighted by atomic mass is 10.0. The van der Waals surface area contributed by atoms with E-state index in [1.54, 1.807) is 6.20 Å². The molecule has 0 radical (unpaired) electrons. The number of carbonyl (C=O) groups is 4. The number of primary amides is 1. The molecule has 230 valence electrons. The lowest BCUT2D eigenvalue weighted by molar-refractivity contribution is -0.133. The predicted octanol–water partition coefficient (Wildman–Crippen LogP) is -1.42. The Kier molecular flexibility index (Phi) is 12.6. The number of aromatic nitrogens is 1. The predicted molar refractivity (Wildman–Crippen MR) is 161 cm³/mol. The number of aliphatic imine (C=N–C) groups is 1. The molecule has 14 nitrogen and oxygen atoms in total. The second-order valence-electron chi connectivity index (χ2n) is 10.5. The van der Waals surface area contributed by atoms with Crippen molar-refractivity contribution >= 4 is 40.5 Å². The zero-order chi connectivity index (χ0) is 30.5. The molecule has 4 atom stereocenters. The second-order valence-corrected chi connectivity index (χ2v) is 10.5. The van der Waals surface area contributed by atoms with E-state index in [-0.39, 0.29) is 37.3 Å². The molecule has 13 N–H and O–H groups in total. The van der Waals surface area contributed by atoms with Gasteiger partial charge in [-0.05, 0) is 69.7 Å². The van der Waals surface area contributed by atoms with Gasteiger partial charge in [-0.15, -0.1) is 0 Å². The van der Waals surface area contributed by atoms with Crippen molar-refractivity contribution in [1.82, 2.24) is 26.3 Å². The average molecular weight is 585 g/mol. The van der Waals surface area contributed by atoms with E-state index in [0.717, 1.165) is 29.4 Å². The third-order valence-electron chi connectivity index (χ3n) is 7.29. The van der Waals surface area contributed by atoms with E-state index >= 15 is 0 Å². The Morgan fingerprint density at radius 3 is 2.29 bits per heavy atom. The molecular formula is C28H44N10O4. The Labute approximate surface area is 245 Å². The first-order valence-corrected chi connectivity index (χ1v) is 14.4. The van der Waals surface area contributed by atoms with E-state index in [0.29, 0.717) is 38.6 Å². The highest BCUT2D eigenvalue weighted by Gasteiger charge is 2.31. The van der Waals surface area contributed by atoms with Crippen LogP contribution in [0.5, 0.6) is 0 Å². The topological polar surface area (TPSA) is 249 Å². The normalized spacial score (nSPS) is 16.7. The van der Waals surface area contributed by atoms with Crippen molar-refractivity contribution in [2.45, 2.75) is 75.5 Å². The van der Waals surface area contributed by atoms with Gasteiger partial charge in [-0.2, -0.15) is 0 Å². The number of unbranched alkanes of at least 4 members (excludes halogenated alkanes) is 1. The van der Waals surface area contributed by atoms with Gasteiger partial charge in [0.25, 0.3) is 0 Å². The molecule has 14 heteroatoms. The number of para-hydroxylation sites is 1. The van der Waals surface area contributed by atoms with Crippen molar-refractivity contribution in [3.05, 3.63) is 36.0 Å². The van der Waals surface area contributed by atoms with E-state index in [2.05, 4.69) is 31.2 Å². The highest BCUT2D eigenvalue weighted by atomic mass is 16.2. The first-order valence-electron chi connectivity index (χ1n) is 14.4. The minimum absolute atomic E-state index is 0.0873. The summed E-state index contributed by atoms with van der Waals surface area (Å²) in [5, 5.41) is 12.4. The van der Waals surface area contributed by atoms with Gasteiger partial charge in [0.1, 0.15) is 18.1 Å². The van der Waals surface area contributed by atoms with Gasteiger partial charge in [0.05, 0.1) is 6.04 Å². The Morgan fingerprint density at radius 1 is 0.929 bits per heavy atom. The zero-order valence-corrected chi connectivity index (χ0v) is 23.9. The SMILES string of the molecule is NCCCCC(NC(=O)[C@@H]1CCCN1)C(=O)NC(CCCN=C(N)N)C(=O)NC(Cc1c[nH]c2ccccc12)C(N)=O. The molecule has 42 heavy (non-hydrogen) atoms. The van der Waals surface area contributed by atoms with E-state index in [9.17, 15) is 19.2 Å². The number of benzene rings is 1. The monoisotopic (exact) mass is 584 g/mol. The summed E-state index contributed by atoms with van der Waals surface area (Å²) in [6, 6.07) is 4.30. The first-order chi connectivity index (χ1) is 20.2. The minimum Gasteiger partial charge on any atom is -0.370 e. The highest BCUT2D eigenvalue weighted by Crippen LogP contribution is 2.19. The number of H-pyrrole nitrogens is 1. The van der Waals surface area contributed by atoms with E-state index in [4.69, 9.17) is 22.9 Å². The Hall–Kier alpha value is -4.17. The molecule has 1 aromatic carbocycles. The summed E-state index contributed by atoms with van der Waals surface area (Å²) in [4.78, 5) is 59.2. The number of hydrogen-bond donors (Lipinski definition) is 9. The minimum atomic E-state index is -1.03. The van der Waals surface area contributed by atoms with Gasteiger partial charge >= 0.3 is 0 Å². The van der Waals surface area contributed by atoms with Crippen LogP contribution in [-0.4, -0.2) is 78.4 Å². The van der Waals surface area contributed by atoms with Crippen molar-refractivity contribution in [3.63, 3.8) is 0 Å². The number of fused-ring (bicyclic) bond motifs is 1. The molecule has 3 unspecified atom stereocenters. The summed E-state index contributed by atoms with van der Waals surface area (Å²) in [5.41, 5.74) is 23.8. The van der Waals surface area contributed by atoms with Gasteiger partial charge in [0.15, 0.2) is 5.96 Å². The van der Waals surface area contributed by atoms with Gasteiger partial charge in [-0.3, -0.25) is 24.2 Å². The van der Waals surface area contributed by atoms with Crippen molar-refractivity contribution in [1.29, 1.82) is 0 Å². The van der Waals surface area contributed by atoms with E-state index in [1.165, 1.54) is 0 Å². The van der Waals surface area contributed by atoms with Crippen LogP contribution in [0.1, 0.15) is 50.5 Å². The molecule has 0 spiro atoms. The molecule has 4 amide bonds. The second kappa shape index (κ2) is 16.3. The third-order valence-corrected chi connectivity index (χ3v) is 7.29. The maximum atomic E-state index is 13.5. The van der Waals surface area contributed by atoms with Crippen LogP contribution < -0.4 is 44.2 Å². The lowest BCUT2D eigenvalue weighted by Crippen LogP contribution is -2.57. The fraction of sp³-hybridized carbons (Fsp3) is 0.536. The molecule has 3 rings (SSSR count). The first kappa shape index (κ1) is 32.3. The number of guanidine groups is 1. The molecular weight excluding hydrogens is 540 g/mol. The van der Waals surface area contributed by atoms with Crippen LogP contribution in [-0.2, 0) is 25.6 Å². The molecule has 1 aliphatic rings. The van der Waals surface area contributed by atoms with Crippen LogP contribution in [0.25, 0.3) is 10.9 Å². The van der Waals surface area contributed by atoms with Gasteiger partial charge in [0.2, 0.25) is 23.6 Å². The van der Waals surface area contributed by atoms with E-state index < -0.39 is 35.8 Å². The van der Waals surface area contributed by atoms with Crippen LogP contribution in [0.15, 0.2) is 35.5 Å². The summed E-state index contributed by atoms with van der Waals surface area (Å²) >= 11 is 0. The van der Waals surface area contributed by atoms with Crippen molar-refractivity contribution in [3.8, 4) is 0 Å². The molecule has 2 aromatic rings. The summed E-state index contributed by atoms with van der Waals surface area (Å²) < 4.78 is 0. The number of nitrogens with two attached hydrogens (primary N) is 4. The summed E-state index contributed by atoms with van der Waals surface area (Å²) in [5.74, 6) is -2.15. The molecule has 2 heterocycles. The number of aromatic amines is 1. The van der Waals surface area contributed by atoms with Crippen LogP contribution in [0.2, 0.25) is 0 Å². The van der Waals surface area contributed by atoms with Crippen molar-refractivity contribution in [2.75, 3.05) is 19.6 Å². The number of carbonyl (C=O) groups excluding carboxylic acids is 4. The third kappa shape index (κ3) is 9.73. The number of rotatable bonds is 17. The smallest absolute Gasteiger partial charge is 0.243 e. The Morgan fingerprint density at radius 2 is 1.62 bits per heavy atom. The van der Waals surface area contributed by atoms with E-state index in [1.807, 2.05) is 24.3 Å². The number of amides is 4. The molecule has 1 fully saturated rings. The number of nitrogens with zero attached hydrogens (tertiary/aromatic N) is 1. The van der Waals surface area contributed by atoms with Crippen LogP contribution >= 0.6 is 0 Å². The highest BCUT2D eigenvalue weighted by molar-refractivity contribution is 5.95. The Balaban J connectivity index is 1.74. The Bertz CT molecular complexity index is 1240. The molecule has 0 aliphatic carbocycles.